The van der Waals surface area contributed by atoms with Crippen molar-refractivity contribution in [1.82, 2.24) is 0 Å². The predicted octanol–water partition coefficient (Wildman–Crippen LogP) is 2.11. The second-order valence-electron chi connectivity index (χ2n) is 4.09. The highest BCUT2D eigenvalue weighted by molar-refractivity contribution is 7.99. The summed E-state index contributed by atoms with van der Waals surface area (Å²) in [5.74, 6) is 1.22. The number of benzene rings is 1. The molecular weight excluding hydrogens is 206 g/mol. The van der Waals surface area contributed by atoms with Crippen molar-refractivity contribution in [2.75, 3.05) is 5.75 Å². The van der Waals surface area contributed by atoms with Crippen LogP contribution in [-0.2, 0) is 6.42 Å². The molecule has 3 N–H and O–H groups in total. The molecule has 1 aromatic rings. The zero-order chi connectivity index (χ0) is 10.8. The first-order chi connectivity index (χ1) is 7.18. The van der Waals surface area contributed by atoms with Gasteiger partial charge in [-0.3, -0.25) is 0 Å². The Bertz CT molecular complexity index is 351. The third-order valence-electron chi connectivity index (χ3n) is 2.84. The first-order valence-electron chi connectivity index (χ1n) is 5.38. The van der Waals surface area contributed by atoms with Gasteiger partial charge in [0, 0.05) is 4.90 Å². The van der Waals surface area contributed by atoms with Gasteiger partial charge in [0.2, 0.25) is 0 Å². The van der Waals surface area contributed by atoms with Gasteiger partial charge in [-0.1, -0.05) is 12.1 Å². The SMILES string of the molecule is CC(O)C(N)c1ccc2c(c1)CCCS2. The summed E-state index contributed by atoms with van der Waals surface area (Å²) in [7, 11) is 0. The van der Waals surface area contributed by atoms with E-state index in [2.05, 4.69) is 12.1 Å². The van der Waals surface area contributed by atoms with E-state index >= 15 is 0 Å². The first kappa shape index (κ1) is 11.0. The van der Waals surface area contributed by atoms with Crippen molar-refractivity contribution in [3.05, 3.63) is 29.3 Å². The van der Waals surface area contributed by atoms with Crippen molar-refractivity contribution < 1.29 is 5.11 Å². The molecule has 0 spiro atoms. The fraction of sp³-hybridized carbons (Fsp3) is 0.500. The van der Waals surface area contributed by atoms with Crippen molar-refractivity contribution >= 4 is 11.8 Å². The Hall–Kier alpha value is -0.510. The second-order valence-corrected chi connectivity index (χ2v) is 5.22. The van der Waals surface area contributed by atoms with Crippen molar-refractivity contribution in [1.29, 1.82) is 0 Å². The van der Waals surface area contributed by atoms with E-state index in [9.17, 15) is 5.11 Å². The van der Waals surface area contributed by atoms with Crippen molar-refractivity contribution in [2.24, 2.45) is 5.73 Å². The summed E-state index contributed by atoms with van der Waals surface area (Å²) >= 11 is 1.91. The van der Waals surface area contributed by atoms with Gasteiger partial charge in [0.15, 0.2) is 0 Å². The molecule has 0 bridgehead atoms. The molecule has 1 aliphatic rings. The van der Waals surface area contributed by atoms with E-state index in [1.54, 1.807) is 6.92 Å². The molecule has 15 heavy (non-hydrogen) atoms. The summed E-state index contributed by atoms with van der Waals surface area (Å²) in [4.78, 5) is 1.38. The van der Waals surface area contributed by atoms with E-state index < -0.39 is 6.10 Å². The maximum atomic E-state index is 9.45. The van der Waals surface area contributed by atoms with Crippen LogP contribution < -0.4 is 5.73 Å². The zero-order valence-electron chi connectivity index (χ0n) is 8.94. The smallest absolute Gasteiger partial charge is 0.0704 e. The number of nitrogens with two attached hydrogens (primary N) is 1. The normalized spacial score (nSPS) is 19.4. The average molecular weight is 223 g/mol. The van der Waals surface area contributed by atoms with E-state index in [-0.39, 0.29) is 6.04 Å². The van der Waals surface area contributed by atoms with Gasteiger partial charge in [0.05, 0.1) is 12.1 Å². The molecule has 1 heterocycles. The van der Waals surface area contributed by atoms with Gasteiger partial charge < -0.3 is 10.8 Å². The van der Waals surface area contributed by atoms with Crippen molar-refractivity contribution in [3.8, 4) is 0 Å². The third kappa shape index (κ3) is 2.36. The van der Waals surface area contributed by atoms with Gasteiger partial charge in [-0.2, -0.15) is 0 Å². The number of hydrogen-bond acceptors (Lipinski definition) is 3. The molecule has 1 aromatic carbocycles. The van der Waals surface area contributed by atoms with Crippen LogP contribution in [0.4, 0.5) is 0 Å². The molecule has 0 aliphatic carbocycles. The molecule has 0 fully saturated rings. The van der Waals surface area contributed by atoms with Crippen LogP contribution >= 0.6 is 11.8 Å². The average Bonchev–Trinajstić information content (AvgIpc) is 2.27. The molecule has 2 nitrogen and oxygen atoms in total. The minimum Gasteiger partial charge on any atom is -0.391 e. The lowest BCUT2D eigenvalue weighted by molar-refractivity contribution is 0.164. The highest BCUT2D eigenvalue weighted by Crippen LogP contribution is 2.31. The van der Waals surface area contributed by atoms with Crippen LogP contribution in [0.15, 0.2) is 23.1 Å². The lowest BCUT2D eigenvalue weighted by Gasteiger charge is -2.20. The molecule has 2 atom stereocenters. The van der Waals surface area contributed by atoms with Gasteiger partial charge in [-0.25, -0.2) is 0 Å². The Morgan fingerprint density at radius 1 is 1.47 bits per heavy atom. The molecule has 0 aromatic heterocycles. The van der Waals surface area contributed by atoms with Crippen molar-refractivity contribution in [3.63, 3.8) is 0 Å². The van der Waals surface area contributed by atoms with Crippen LogP contribution in [0.25, 0.3) is 0 Å². The van der Waals surface area contributed by atoms with Gasteiger partial charge in [-0.15, -0.1) is 11.8 Å². The van der Waals surface area contributed by atoms with Crippen LogP contribution in [0.1, 0.15) is 30.5 Å². The largest absolute Gasteiger partial charge is 0.391 e. The molecule has 2 rings (SSSR count). The fourth-order valence-corrected chi connectivity index (χ4v) is 2.89. The second kappa shape index (κ2) is 4.56. The minimum absolute atomic E-state index is 0.262. The van der Waals surface area contributed by atoms with Crippen LogP contribution in [0.3, 0.4) is 0 Å². The van der Waals surface area contributed by atoms with Crippen LogP contribution in [0.2, 0.25) is 0 Å². The van der Waals surface area contributed by atoms with Crippen LogP contribution in [0, 0.1) is 0 Å². The molecule has 1 aliphatic heterocycles. The number of thioether (sulfide) groups is 1. The standard InChI is InChI=1S/C12H17NOS/c1-8(14)12(13)10-4-5-11-9(7-10)3-2-6-15-11/h4-5,7-8,12,14H,2-3,6,13H2,1H3. The third-order valence-corrected chi connectivity index (χ3v) is 4.04. The summed E-state index contributed by atoms with van der Waals surface area (Å²) in [5.41, 5.74) is 8.35. The Balaban J connectivity index is 2.27. The van der Waals surface area contributed by atoms with E-state index in [0.29, 0.717) is 0 Å². The quantitative estimate of drug-likeness (QED) is 0.807. The molecular formula is C12H17NOS. The van der Waals surface area contributed by atoms with E-state index in [1.165, 1.54) is 22.6 Å². The Labute approximate surface area is 94.9 Å². The lowest BCUT2D eigenvalue weighted by Crippen LogP contribution is -2.23. The monoisotopic (exact) mass is 223 g/mol. The van der Waals surface area contributed by atoms with Crippen LogP contribution in [0.5, 0.6) is 0 Å². The zero-order valence-corrected chi connectivity index (χ0v) is 9.76. The molecule has 0 amide bonds. The Morgan fingerprint density at radius 3 is 3.00 bits per heavy atom. The lowest BCUT2D eigenvalue weighted by atomic mass is 9.99. The Morgan fingerprint density at radius 2 is 2.27 bits per heavy atom. The minimum atomic E-state index is -0.487. The highest BCUT2D eigenvalue weighted by atomic mass is 32.2. The Kier molecular flexibility index (Phi) is 3.34. The number of aryl methyl sites for hydroxylation is 1. The number of aliphatic hydroxyl groups is 1. The summed E-state index contributed by atoms with van der Waals surface area (Å²) in [6, 6.07) is 6.06. The summed E-state index contributed by atoms with van der Waals surface area (Å²) < 4.78 is 0. The molecule has 0 saturated heterocycles. The summed E-state index contributed by atoms with van der Waals surface area (Å²) in [6.45, 7) is 1.73. The summed E-state index contributed by atoms with van der Waals surface area (Å²) in [5, 5.41) is 9.45. The first-order valence-corrected chi connectivity index (χ1v) is 6.36. The van der Waals surface area contributed by atoms with Crippen LogP contribution in [-0.4, -0.2) is 17.0 Å². The predicted molar refractivity (Wildman–Crippen MR) is 64.1 cm³/mol. The topological polar surface area (TPSA) is 46.2 Å². The fourth-order valence-electron chi connectivity index (χ4n) is 1.87. The maximum Gasteiger partial charge on any atom is 0.0704 e. The molecule has 3 heteroatoms. The molecule has 0 radical (unpaired) electrons. The van der Waals surface area contributed by atoms with Gasteiger partial charge >= 0.3 is 0 Å². The summed E-state index contributed by atoms with van der Waals surface area (Å²) in [6.07, 6.45) is 1.90. The van der Waals surface area contributed by atoms with Crippen molar-refractivity contribution in [2.45, 2.75) is 36.8 Å². The maximum absolute atomic E-state index is 9.45. The number of rotatable bonds is 2. The number of fused-ring (bicyclic) bond motifs is 1. The molecule has 0 saturated carbocycles. The highest BCUT2D eigenvalue weighted by Gasteiger charge is 2.15. The van der Waals surface area contributed by atoms with E-state index in [4.69, 9.17) is 5.73 Å². The molecule has 2 unspecified atom stereocenters. The van der Waals surface area contributed by atoms with E-state index in [0.717, 1.165) is 12.0 Å². The van der Waals surface area contributed by atoms with Gasteiger partial charge in [-0.05, 0) is 42.7 Å². The van der Waals surface area contributed by atoms with Gasteiger partial charge in [0.1, 0.15) is 0 Å². The molecule has 82 valence electrons. The van der Waals surface area contributed by atoms with E-state index in [1.807, 2.05) is 17.8 Å². The number of aliphatic hydroxyl groups excluding tert-OH is 1. The number of hydrogen-bond donors (Lipinski definition) is 2. The van der Waals surface area contributed by atoms with Gasteiger partial charge in [0.25, 0.3) is 0 Å².